The predicted molar refractivity (Wildman–Crippen MR) is 91.7 cm³/mol. The van der Waals surface area contributed by atoms with Crippen LogP contribution in [0.25, 0.3) is 5.76 Å². The van der Waals surface area contributed by atoms with Crippen molar-refractivity contribution in [2.45, 2.75) is 12.6 Å². The molecular weight excluding hydrogens is 353 g/mol. The van der Waals surface area contributed by atoms with Gasteiger partial charge in [0.05, 0.1) is 24.6 Å². The number of amides is 1. The van der Waals surface area contributed by atoms with Crippen molar-refractivity contribution in [2.75, 3.05) is 0 Å². The van der Waals surface area contributed by atoms with Crippen molar-refractivity contribution in [3.63, 3.8) is 0 Å². The smallest absolute Gasteiger partial charge is 0.296 e. The summed E-state index contributed by atoms with van der Waals surface area (Å²) < 4.78 is 23.9. The molecule has 0 radical (unpaired) electrons. The van der Waals surface area contributed by atoms with Gasteiger partial charge in [0, 0.05) is 5.56 Å². The lowest BCUT2D eigenvalue weighted by molar-refractivity contribution is -0.140. The van der Waals surface area contributed by atoms with Gasteiger partial charge in [-0.1, -0.05) is 0 Å². The van der Waals surface area contributed by atoms with Crippen LogP contribution in [0.4, 0.5) is 4.39 Å². The van der Waals surface area contributed by atoms with Crippen LogP contribution in [-0.2, 0) is 16.1 Å². The number of rotatable bonds is 4. The number of Topliss-reactive ketones (excluding diaryl/α,β-unsaturated/α-hetero) is 1. The molecule has 2 aromatic heterocycles. The van der Waals surface area contributed by atoms with E-state index in [2.05, 4.69) is 0 Å². The van der Waals surface area contributed by atoms with Gasteiger partial charge in [-0.15, -0.1) is 0 Å². The van der Waals surface area contributed by atoms with E-state index in [0.717, 1.165) is 12.1 Å². The van der Waals surface area contributed by atoms with Crippen LogP contribution in [0, 0.1) is 5.82 Å². The highest BCUT2D eigenvalue weighted by molar-refractivity contribution is 6.46. The summed E-state index contributed by atoms with van der Waals surface area (Å²) >= 11 is 0. The highest BCUT2D eigenvalue weighted by Crippen LogP contribution is 2.40. The van der Waals surface area contributed by atoms with Crippen LogP contribution < -0.4 is 0 Å². The zero-order valence-corrected chi connectivity index (χ0v) is 14.0. The standard InChI is InChI=1S/C20H14FNO5/c21-13-7-5-12(6-8-13)18(23)16-17(15-4-2-10-27-15)22(20(25)19(16)24)11-14-3-1-9-26-14/h1-10,17,23H,11H2/b18-16+. The second kappa shape index (κ2) is 6.60. The van der Waals surface area contributed by atoms with Crippen molar-refractivity contribution in [2.24, 2.45) is 0 Å². The van der Waals surface area contributed by atoms with E-state index >= 15 is 0 Å². The number of carbonyl (C=O) groups excluding carboxylic acids is 2. The first kappa shape index (κ1) is 16.8. The fraction of sp³-hybridized carbons (Fsp3) is 0.100. The van der Waals surface area contributed by atoms with Crippen LogP contribution in [0.5, 0.6) is 0 Å². The van der Waals surface area contributed by atoms with Gasteiger partial charge in [-0.2, -0.15) is 0 Å². The third-order valence-electron chi connectivity index (χ3n) is 4.38. The molecule has 1 fully saturated rings. The van der Waals surface area contributed by atoms with E-state index in [-0.39, 0.29) is 17.7 Å². The summed E-state index contributed by atoms with van der Waals surface area (Å²) in [6, 6.07) is 10.7. The lowest BCUT2D eigenvalue weighted by Gasteiger charge is -2.22. The fourth-order valence-electron chi connectivity index (χ4n) is 3.12. The number of halogens is 1. The van der Waals surface area contributed by atoms with Gasteiger partial charge in [0.1, 0.15) is 29.1 Å². The lowest BCUT2D eigenvalue weighted by atomic mass is 9.99. The number of carbonyl (C=O) groups is 2. The zero-order valence-electron chi connectivity index (χ0n) is 14.0. The van der Waals surface area contributed by atoms with Crippen molar-refractivity contribution in [1.29, 1.82) is 0 Å². The second-order valence-corrected chi connectivity index (χ2v) is 6.03. The van der Waals surface area contributed by atoms with Gasteiger partial charge in [0.25, 0.3) is 11.7 Å². The quantitative estimate of drug-likeness (QED) is 0.432. The topological polar surface area (TPSA) is 83.9 Å². The lowest BCUT2D eigenvalue weighted by Crippen LogP contribution is -2.28. The first-order valence-electron chi connectivity index (χ1n) is 8.16. The largest absolute Gasteiger partial charge is 0.507 e. The molecule has 1 aliphatic heterocycles. The molecule has 0 spiro atoms. The van der Waals surface area contributed by atoms with Gasteiger partial charge in [0.15, 0.2) is 0 Å². The Balaban J connectivity index is 1.83. The first-order valence-corrected chi connectivity index (χ1v) is 8.16. The molecule has 0 aliphatic carbocycles. The molecule has 7 heteroatoms. The van der Waals surface area contributed by atoms with E-state index in [4.69, 9.17) is 8.83 Å². The molecule has 1 unspecified atom stereocenters. The number of furan rings is 2. The molecule has 0 bridgehead atoms. The highest BCUT2D eigenvalue weighted by Gasteiger charge is 2.47. The van der Waals surface area contributed by atoms with Crippen molar-refractivity contribution in [3.8, 4) is 0 Å². The van der Waals surface area contributed by atoms with Gasteiger partial charge in [-0.3, -0.25) is 9.59 Å². The van der Waals surface area contributed by atoms with Gasteiger partial charge in [-0.25, -0.2) is 4.39 Å². The second-order valence-electron chi connectivity index (χ2n) is 6.03. The van der Waals surface area contributed by atoms with Gasteiger partial charge >= 0.3 is 0 Å². The van der Waals surface area contributed by atoms with Crippen LogP contribution in [0.2, 0.25) is 0 Å². The third kappa shape index (κ3) is 2.93. The van der Waals surface area contributed by atoms with E-state index in [1.807, 2.05) is 0 Å². The molecule has 27 heavy (non-hydrogen) atoms. The Morgan fingerprint density at radius 3 is 2.37 bits per heavy atom. The Labute approximate surface area is 153 Å². The fourth-order valence-corrected chi connectivity index (χ4v) is 3.12. The first-order chi connectivity index (χ1) is 13.1. The molecule has 4 rings (SSSR count). The van der Waals surface area contributed by atoms with Crippen molar-refractivity contribution < 1.29 is 27.9 Å². The SMILES string of the molecule is O=C1C(=O)N(Cc2ccco2)C(c2ccco2)/C1=C(\O)c1ccc(F)cc1. The molecule has 1 N–H and O–H groups in total. The maximum absolute atomic E-state index is 13.2. The minimum atomic E-state index is -0.921. The van der Waals surface area contributed by atoms with Gasteiger partial charge in [0.2, 0.25) is 0 Å². The number of nitrogens with zero attached hydrogens (tertiary/aromatic N) is 1. The van der Waals surface area contributed by atoms with E-state index in [1.54, 1.807) is 24.3 Å². The number of hydrogen-bond donors (Lipinski definition) is 1. The van der Waals surface area contributed by atoms with E-state index in [0.29, 0.717) is 11.5 Å². The Hall–Kier alpha value is -3.61. The van der Waals surface area contributed by atoms with Crippen LogP contribution in [0.3, 0.4) is 0 Å². The summed E-state index contributed by atoms with van der Waals surface area (Å²) in [6.07, 6.45) is 2.88. The molecular formula is C20H14FNO5. The Kier molecular flexibility index (Phi) is 4.12. The van der Waals surface area contributed by atoms with E-state index in [9.17, 15) is 19.1 Å². The van der Waals surface area contributed by atoms with Crippen LogP contribution in [-0.4, -0.2) is 21.7 Å². The van der Waals surface area contributed by atoms with E-state index in [1.165, 1.54) is 29.6 Å². The van der Waals surface area contributed by atoms with Crippen molar-refractivity contribution in [1.82, 2.24) is 4.90 Å². The number of aliphatic hydroxyl groups excluding tert-OH is 1. The monoisotopic (exact) mass is 367 g/mol. The van der Waals surface area contributed by atoms with Crippen LogP contribution >= 0.6 is 0 Å². The summed E-state index contributed by atoms with van der Waals surface area (Å²) in [5.41, 5.74) is 0.108. The molecule has 3 aromatic rings. The molecule has 136 valence electrons. The summed E-state index contributed by atoms with van der Waals surface area (Å²) in [5.74, 6) is -1.69. The minimum absolute atomic E-state index is 0.0309. The van der Waals surface area contributed by atoms with Crippen molar-refractivity contribution >= 4 is 17.4 Å². The predicted octanol–water partition coefficient (Wildman–Crippen LogP) is 3.63. The average molecular weight is 367 g/mol. The Morgan fingerprint density at radius 2 is 1.74 bits per heavy atom. The molecule has 1 amide bonds. The average Bonchev–Trinajstić information content (AvgIpc) is 3.40. The molecule has 0 saturated carbocycles. The molecule has 3 heterocycles. The maximum Gasteiger partial charge on any atom is 0.296 e. The summed E-state index contributed by atoms with van der Waals surface area (Å²) in [6.45, 7) is 0.0309. The van der Waals surface area contributed by atoms with Gasteiger partial charge < -0.3 is 18.8 Å². The molecule has 1 aromatic carbocycles. The molecule has 6 nitrogen and oxygen atoms in total. The Bertz CT molecular complexity index is 1000. The zero-order chi connectivity index (χ0) is 19.0. The minimum Gasteiger partial charge on any atom is -0.507 e. The van der Waals surface area contributed by atoms with Crippen molar-refractivity contribution in [3.05, 3.63) is 89.5 Å². The number of hydrogen-bond acceptors (Lipinski definition) is 5. The number of likely N-dealkylation sites (tertiary alicyclic amines) is 1. The summed E-state index contributed by atoms with van der Waals surface area (Å²) in [7, 11) is 0. The van der Waals surface area contributed by atoms with Crippen LogP contribution in [0.1, 0.15) is 23.1 Å². The number of benzene rings is 1. The normalized spacial score (nSPS) is 19.0. The van der Waals surface area contributed by atoms with Gasteiger partial charge in [-0.05, 0) is 48.5 Å². The molecule has 1 atom stereocenters. The number of ketones is 1. The number of aliphatic hydroxyl groups is 1. The molecule has 1 aliphatic rings. The third-order valence-corrected chi connectivity index (χ3v) is 4.38. The van der Waals surface area contributed by atoms with Crippen LogP contribution in [0.15, 0.2) is 75.5 Å². The summed E-state index contributed by atoms with van der Waals surface area (Å²) in [5, 5.41) is 10.7. The molecule has 1 saturated heterocycles. The Morgan fingerprint density at radius 1 is 1.04 bits per heavy atom. The highest BCUT2D eigenvalue weighted by atomic mass is 19.1. The van der Waals surface area contributed by atoms with E-state index < -0.39 is 29.3 Å². The maximum atomic E-state index is 13.2. The summed E-state index contributed by atoms with van der Waals surface area (Å²) in [4.78, 5) is 26.6.